The maximum Gasteiger partial charge on any atom is 0.307 e. The summed E-state index contributed by atoms with van der Waals surface area (Å²) in [5.41, 5.74) is 0. The molecule has 0 amide bonds. The number of ether oxygens (including phenoxy) is 2. The van der Waals surface area contributed by atoms with Crippen LogP contribution in [0.25, 0.3) is 0 Å². The van der Waals surface area contributed by atoms with Crippen LogP contribution in [0.5, 0.6) is 0 Å². The van der Waals surface area contributed by atoms with E-state index in [1.165, 1.54) is 11.5 Å². The molecule has 1 aliphatic heterocycles. The molecule has 6 heteroatoms. The molecule has 0 aromatic rings. The van der Waals surface area contributed by atoms with Gasteiger partial charge in [0.05, 0.1) is 19.1 Å². The molecule has 0 atom stereocenters. The van der Waals surface area contributed by atoms with Gasteiger partial charge in [-0.05, 0) is 13.8 Å². The summed E-state index contributed by atoms with van der Waals surface area (Å²) in [5, 5.41) is 0. The number of rotatable bonds is 7. The van der Waals surface area contributed by atoms with Gasteiger partial charge in [0.1, 0.15) is 6.61 Å². The summed E-state index contributed by atoms with van der Waals surface area (Å²) in [6, 6.07) is 0. The Morgan fingerprint density at radius 3 is 2.50 bits per heavy atom. The lowest BCUT2D eigenvalue weighted by Crippen LogP contribution is -2.26. The molecule has 1 fully saturated rings. The molecule has 1 aliphatic rings. The smallest absolute Gasteiger partial charge is 0.307 e. The Kier molecular flexibility index (Phi) is 8.92. The summed E-state index contributed by atoms with van der Waals surface area (Å²) in [7, 11) is 0. The Hall–Kier alpha value is 0.0900. The summed E-state index contributed by atoms with van der Waals surface area (Å²) in [5.74, 6) is 4.34. The van der Waals surface area contributed by atoms with Crippen molar-refractivity contribution >= 4 is 29.5 Å². The highest BCUT2D eigenvalue weighted by molar-refractivity contribution is 8.03. The average molecular weight is 293 g/mol. The topological polar surface area (TPSA) is 38.8 Å². The second-order valence-corrected chi connectivity index (χ2v) is 6.51. The number of thioether (sulfide) groups is 2. The molecule has 18 heavy (non-hydrogen) atoms. The summed E-state index contributed by atoms with van der Waals surface area (Å²) >= 11 is 3.87. The van der Waals surface area contributed by atoms with Crippen molar-refractivity contribution in [1.82, 2.24) is 4.90 Å². The third kappa shape index (κ3) is 8.24. The predicted octanol–water partition coefficient (Wildman–Crippen LogP) is 2.04. The standard InChI is InChI=1S/C12H23NO3S2/c1-11(2)15-5-6-16-12(14)3-4-13-9-17-7-8-18-10-13/h11H,3-10H2,1-2H3. The molecule has 1 rings (SSSR count). The minimum atomic E-state index is -0.124. The summed E-state index contributed by atoms with van der Waals surface area (Å²) in [6.45, 7) is 5.58. The zero-order chi connectivity index (χ0) is 13.2. The Balaban J connectivity index is 2.01. The van der Waals surface area contributed by atoms with Gasteiger partial charge < -0.3 is 9.47 Å². The Labute approximate surface area is 118 Å². The van der Waals surface area contributed by atoms with Crippen molar-refractivity contribution < 1.29 is 14.3 Å². The molecule has 0 radical (unpaired) electrons. The molecule has 0 aliphatic carbocycles. The highest BCUT2D eigenvalue weighted by atomic mass is 32.2. The van der Waals surface area contributed by atoms with Gasteiger partial charge in [-0.3, -0.25) is 9.69 Å². The monoisotopic (exact) mass is 293 g/mol. The summed E-state index contributed by atoms with van der Waals surface area (Å²) in [6.07, 6.45) is 0.665. The van der Waals surface area contributed by atoms with Crippen LogP contribution in [0, 0.1) is 0 Å². The second kappa shape index (κ2) is 9.95. The van der Waals surface area contributed by atoms with E-state index in [0.717, 1.165) is 18.3 Å². The molecule has 0 N–H and O–H groups in total. The van der Waals surface area contributed by atoms with E-state index < -0.39 is 0 Å². The van der Waals surface area contributed by atoms with Gasteiger partial charge in [0.2, 0.25) is 0 Å². The number of hydrogen-bond acceptors (Lipinski definition) is 6. The quantitative estimate of drug-likeness (QED) is 0.528. The van der Waals surface area contributed by atoms with Gasteiger partial charge in [0, 0.05) is 29.8 Å². The van der Waals surface area contributed by atoms with Crippen molar-refractivity contribution in [1.29, 1.82) is 0 Å². The molecular formula is C12H23NO3S2. The van der Waals surface area contributed by atoms with Crippen molar-refractivity contribution in [3.63, 3.8) is 0 Å². The van der Waals surface area contributed by atoms with Gasteiger partial charge in [-0.1, -0.05) is 0 Å². The second-order valence-electron chi connectivity index (χ2n) is 4.36. The van der Waals surface area contributed by atoms with Crippen LogP contribution in [0.2, 0.25) is 0 Å². The lowest BCUT2D eigenvalue weighted by Gasteiger charge is -2.17. The first-order chi connectivity index (χ1) is 8.68. The van der Waals surface area contributed by atoms with Crippen LogP contribution < -0.4 is 0 Å². The fourth-order valence-electron chi connectivity index (χ4n) is 1.43. The molecule has 0 spiro atoms. The first kappa shape index (κ1) is 16.1. The van der Waals surface area contributed by atoms with Crippen LogP contribution in [0.1, 0.15) is 20.3 Å². The van der Waals surface area contributed by atoms with Crippen LogP contribution in [0.4, 0.5) is 0 Å². The van der Waals surface area contributed by atoms with E-state index >= 15 is 0 Å². The van der Waals surface area contributed by atoms with Gasteiger partial charge in [-0.2, -0.15) is 0 Å². The Morgan fingerprint density at radius 1 is 1.22 bits per heavy atom. The van der Waals surface area contributed by atoms with Crippen molar-refractivity contribution in [3.05, 3.63) is 0 Å². The number of esters is 1. The van der Waals surface area contributed by atoms with Crippen molar-refractivity contribution in [3.8, 4) is 0 Å². The maximum absolute atomic E-state index is 11.5. The molecule has 0 aromatic heterocycles. The number of carbonyl (C=O) groups excluding carboxylic acids is 1. The summed E-state index contributed by atoms with van der Waals surface area (Å²) in [4.78, 5) is 13.8. The normalized spacial score (nSPS) is 17.7. The maximum atomic E-state index is 11.5. The zero-order valence-electron chi connectivity index (χ0n) is 11.2. The van der Waals surface area contributed by atoms with Crippen molar-refractivity contribution in [2.24, 2.45) is 0 Å². The van der Waals surface area contributed by atoms with E-state index in [1.54, 1.807) is 0 Å². The fourth-order valence-corrected chi connectivity index (χ4v) is 3.71. The Morgan fingerprint density at radius 2 is 1.89 bits per heavy atom. The Bertz CT molecular complexity index is 231. The average Bonchev–Trinajstić information content (AvgIpc) is 2.60. The van der Waals surface area contributed by atoms with Crippen molar-refractivity contribution in [2.75, 3.05) is 43.0 Å². The third-order valence-electron chi connectivity index (χ3n) is 2.35. The minimum absolute atomic E-state index is 0.124. The molecule has 0 aromatic carbocycles. The third-order valence-corrected chi connectivity index (χ3v) is 4.69. The number of nitrogens with zero attached hydrogens (tertiary/aromatic N) is 1. The molecule has 106 valence electrons. The van der Waals surface area contributed by atoms with Crippen LogP contribution in [0.3, 0.4) is 0 Å². The molecule has 0 saturated carbocycles. The molecular weight excluding hydrogens is 270 g/mol. The van der Waals surface area contributed by atoms with E-state index in [2.05, 4.69) is 4.90 Å². The van der Waals surface area contributed by atoms with E-state index in [-0.39, 0.29) is 12.1 Å². The lowest BCUT2D eigenvalue weighted by molar-refractivity contribution is -0.145. The van der Waals surface area contributed by atoms with Crippen molar-refractivity contribution in [2.45, 2.75) is 26.4 Å². The fraction of sp³-hybridized carbons (Fsp3) is 0.917. The van der Waals surface area contributed by atoms with Crippen LogP contribution in [0.15, 0.2) is 0 Å². The lowest BCUT2D eigenvalue weighted by atomic mass is 10.4. The van der Waals surface area contributed by atoms with Gasteiger partial charge in [0.25, 0.3) is 0 Å². The summed E-state index contributed by atoms with van der Waals surface area (Å²) < 4.78 is 10.4. The zero-order valence-corrected chi connectivity index (χ0v) is 12.9. The largest absolute Gasteiger partial charge is 0.463 e. The molecule has 4 nitrogen and oxygen atoms in total. The van der Waals surface area contributed by atoms with Crippen LogP contribution in [-0.4, -0.2) is 60.0 Å². The van der Waals surface area contributed by atoms with E-state index in [1.807, 2.05) is 37.4 Å². The van der Waals surface area contributed by atoms with Gasteiger partial charge in [0.15, 0.2) is 0 Å². The van der Waals surface area contributed by atoms with E-state index in [9.17, 15) is 4.79 Å². The van der Waals surface area contributed by atoms with Gasteiger partial charge >= 0.3 is 5.97 Å². The van der Waals surface area contributed by atoms with Crippen LogP contribution in [-0.2, 0) is 14.3 Å². The van der Waals surface area contributed by atoms with E-state index in [0.29, 0.717) is 19.6 Å². The molecule has 0 bridgehead atoms. The first-order valence-electron chi connectivity index (χ1n) is 6.33. The molecule has 1 saturated heterocycles. The molecule has 0 unspecified atom stereocenters. The SMILES string of the molecule is CC(C)OCCOC(=O)CCN1CSCCSC1. The molecule has 1 heterocycles. The van der Waals surface area contributed by atoms with E-state index in [4.69, 9.17) is 9.47 Å². The predicted molar refractivity (Wildman–Crippen MR) is 78.0 cm³/mol. The highest BCUT2D eigenvalue weighted by Crippen LogP contribution is 2.16. The number of carbonyl (C=O) groups is 1. The highest BCUT2D eigenvalue weighted by Gasteiger charge is 2.11. The van der Waals surface area contributed by atoms with Gasteiger partial charge in [-0.15, -0.1) is 23.5 Å². The minimum Gasteiger partial charge on any atom is -0.463 e. The number of hydrogen-bond donors (Lipinski definition) is 0. The van der Waals surface area contributed by atoms with Gasteiger partial charge in [-0.25, -0.2) is 0 Å². The first-order valence-corrected chi connectivity index (χ1v) is 8.64. The van der Waals surface area contributed by atoms with Crippen LogP contribution >= 0.6 is 23.5 Å².